The van der Waals surface area contributed by atoms with Crippen molar-refractivity contribution in [3.8, 4) is 0 Å². The maximum atomic E-state index is 13.1. The second-order valence-corrected chi connectivity index (χ2v) is 6.41. The van der Waals surface area contributed by atoms with Gasteiger partial charge in [0.25, 0.3) is 11.6 Å². The Morgan fingerprint density at radius 1 is 1.10 bits per heavy atom. The SMILES string of the molecule is O=C(COC(=O)c1ccc(N2CCCC2)c([N+](=O)[O-])c1)Nc1ccc(F)c(F)c1. The third-order valence-corrected chi connectivity index (χ3v) is 4.39. The number of amides is 1. The van der Waals surface area contributed by atoms with E-state index in [0.717, 1.165) is 37.1 Å². The van der Waals surface area contributed by atoms with Crippen LogP contribution >= 0.6 is 0 Å². The molecular weight excluding hydrogens is 388 g/mol. The van der Waals surface area contributed by atoms with Crippen LogP contribution in [0.15, 0.2) is 36.4 Å². The van der Waals surface area contributed by atoms with Crippen LogP contribution in [0.3, 0.4) is 0 Å². The van der Waals surface area contributed by atoms with Gasteiger partial charge in [0.05, 0.1) is 10.5 Å². The van der Waals surface area contributed by atoms with E-state index in [2.05, 4.69) is 5.32 Å². The van der Waals surface area contributed by atoms with Crippen LogP contribution in [-0.4, -0.2) is 36.5 Å². The molecule has 0 aromatic heterocycles. The summed E-state index contributed by atoms with van der Waals surface area (Å²) >= 11 is 0. The number of nitro benzene ring substituents is 1. The van der Waals surface area contributed by atoms with Crippen molar-refractivity contribution >= 4 is 28.9 Å². The van der Waals surface area contributed by atoms with Crippen molar-refractivity contribution in [3.63, 3.8) is 0 Å². The van der Waals surface area contributed by atoms with Crippen molar-refractivity contribution in [2.24, 2.45) is 0 Å². The average Bonchev–Trinajstić information content (AvgIpc) is 3.23. The van der Waals surface area contributed by atoms with Crippen LogP contribution in [0.2, 0.25) is 0 Å². The molecule has 1 heterocycles. The number of rotatable bonds is 6. The zero-order valence-electron chi connectivity index (χ0n) is 15.2. The number of halogens is 2. The van der Waals surface area contributed by atoms with Crippen molar-refractivity contribution in [1.82, 2.24) is 0 Å². The van der Waals surface area contributed by atoms with Crippen LogP contribution in [0, 0.1) is 21.7 Å². The van der Waals surface area contributed by atoms with Gasteiger partial charge in [-0.3, -0.25) is 14.9 Å². The monoisotopic (exact) mass is 405 g/mol. The van der Waals surface area contributed by atoms with Crippen LogP contribution in [0.25, 0.3) is 0 Å². The predicted octanol–water partition coefficient (Wildman–Crippen LogP) is 3.27. The van der Waals surface area contributed by atoms with Crippen molar-refractivity contribution in [1.29, 1.82) is 0 Å². The van der Waals surface area contributed by atoms with E-state index in [4.69, 9.17) is 4.74 Å². The van der Waals surface area contributed by atoms with Crippen molar-refractivity contribution < 1.29 is 28.0 Å². The van der Waals surface area contributed by atoms with Crippen LogP contribution in [0.1, 0.15) is 23.2 Å². The van der Waals surface area contributed by atoms with Gasteiger partial charge < -0.3 is 15.0 Å². The highest BCUT2D eigenvalue weighted by Gasteiger charge is 2.24. The molecule has 29 heavy (non-hydrogen) atoms. The number of carbonyl (C=O) groups is 2. The van der Waals surface area contributed by atoms with Gasteiger partial charge in [-0.2, -0.15) is 0 Å². The summed E-state index contributed by atoms with van der Waals surface area (Å²) in [6.07, 6.45) is 1.88. The summed E-state index contributed by atoms with van der Waals surface area (Å²) in [6, 6.07) is 6.78. The summed E-state index contributed by atoms with van der Waals surface area (Å²) < 4.78 is 30.9. The summed E-state index contributed by atoms with van der Waals surface area (Å²) in [6.45, 7) is 0.711. The molecule has 0 unspecified atom stereocenters. The Balaban J connectivity index is 1.63. The Morgan fingerprint density at radius 2 is 1.83 bits per heavy atom. The summed E-state index contributed by atoms with van der Waals surface area (Å²) in [4.78, 5) is 36.7. The standard InChI is InChI=1S/C19H17F2N3O5/c20-14-5-4-13(10-15(14)21)22-18(25)11-29-19(26)12-3-6-16(17(9-12)24(27)28)23-7-1-2-8-23/h3-6,9-10H,1-2,7-8,11H2,(H,22,25). The van der Waals surface area contributed by atoms with Gasteiger partial charge in [-0.25, -0.2) is 13.6 Å². The maximum Gasteiger partial charge on any atom is 0.338 e. The normalized spacial score (nSPS) is 13.2. The lowest BCUT2D eigenvalue weighted by Crippen LogP contribution is -2.21. The molecule has 1 aliphatic heterocycles. The first-order valence-corrected chi connectivity index (χ1v) is 8.80. The zero-order valence-corrected chi connectivity index (χ0v) is 15.2. The van der Waals surface area contributed by atoms with Gasteiger partial charge in [0.1, 0.15) is 5.69 Å². The number of carbonyl (C=O) groups excluding carboxylic acids is 2. The van der Waals surface area contributed by atoms with E-state index in [9.17, 15) is 28.5 Å². The second-order valence-electron chi connectivity index (χ2n) is 6.41. The number of ether oxygens (including phenoxy) is 1. The molecule has 0 saturated carbocycles. The van der Waals surface area contributed by atoms with Crippen LogP contribution in [-0.2, 0) is 9.53 Å². The van der Waals surface area contributed by atoms with Crippen molar-refractivity contribution in [2.45, 2.75) is 12.8 Å². The highest BCUT2D eigenvalue weighted by molar-refractivity contribution is 5.96. The molecule has 0 aliphatic carbocycles. The minimum Gasteiger partial charge on any atom is -0.452 e. The average molecular weight is 405 g/mol. The van der Waals surface area contributed by atoms with E-state index >= 15 is 0 Å². The van der Waals surface area contributed by atoms with Crippen LogP contribution in [0.4, 0.5) is 25.8 Å². The third kappa shape index (κ3) is 4.84. The highest BCUT2D eigenvalue weighted by atomic mass is 19.2. The quantitative estimate of drug-likeness (QED) is 0.450. The number of nitro groups is 1. The number of esters is 1. The van der Waals surface area contributed by atoms with Gasteiger partial charge >= 0.3 is 5.97 Å². The summed E-state index contributed by atoms with van der Waals surface area (Å²) in [5.74, 6) is -3.88. The Bertz CT molecular complexity index is 961. The highest BCUT2D eigenvalue weighted by Crippen LogP contribution is 2.31. The largest absolute Gasteiger partial charge is 0.452 e. The summed E-state index contributed by atoms with van der Waals surface area (Å²) in [5.41, 5.74) is 0.142. The Kier molecular flexibility index (Phi) is 6.01. The fourth-order valence-corrected chi connectivity index (χ4v) is 3.01. The molecule has 0 bridgehead atoms. The lowest BCUT2D eigenvalue weighted by atomic mass is 10.1. The molecule has 1 N–H and O–H groups in total. The number of nitrogens with zero attached hydrogens (tertiary/aromatic N) is 2. The van der Waals surface area contributed by atoms with E-state index in [1.165, 1.54) is 12.1 Å². The molecule has 10 heteroatoms. The summed E-state index contributed by atoms with van der Waals surface area (Å²) in [5, 5.41) is 13.6. The van der Waals surface area contributed by atoms with Gasteiger partial charge in [0, 0.05) is 30.9 Å². The minimum absolute atomic E-state index is 0.00412. The molecule has 152 valence electrons. The fourth-order valence-electron chi connectivity index (χ4n) is 3.01. The van der Waals surface area contributed by atoms with E-state index in [1.807, 2.05) is 4.90 Å². The van der Waals surface area contributed by atoms with E-state index in [1.54, 1.807) is 0 Å². The van der Waals surface area contributed by atoms with Crippen molar-refractivity contribution in [2.75, 3.05) is 29.9 Å². The van der Waals surface area contributed by atoms with E-state index in [-0.39, 0.29) is 16.9 Å². The maximum absolute atomic E-state index is 13.1. The summed E-state index contributed by atoms with van der Waals surface area (Å²) in [7, 11) is 0. The molecular formula is C19H17F2N3O5. The first kappa shape index (κ1) is 20.2. The molecule has 1 aliphatic rings. The Hall–Kier alpha value is -3.56. The lowest BCUT2D eigenvalue weighted by molar-refractivity contribution is -0.384. The van der Waals surface area contributed by atoms with Gasteiger partial charge in [-0.05, 0) is 37.1 Å². The molecule has 0 spiro atoms. The molecule has 0 atom stereocenters. The third-order valence-electron chi connectivity index (χ3n) is 4.39. The molecule has 1 saturated heterocycles. The minimum atomic E-state index is -1.13. The number of hydrogen-bond acceptors (Lipinski definition) is 6. The van der Waals surface area contributed by atoms with Gasteiger partial charge in [-0.1, -0.05) is 0 Å². The molecule has 2 aromatic rings. The second kappa shape index (κ2) is 8.63. The molecule has 0 radical (unpaired) electrons. The Morgan fingerprint density at radius 3 is 2.48 bits per heavy atom. The van der Waals surface area contributed by atoms with Crippen molar-refractivity contribution in [3.05, 3.63) is 63.7 Å². The number of hydrogen-bond donors (Lipinski definition) is 1. The molecule has 3 rings (SSSR count). The Labute approximate surface area is 164 Å². The molecule has 8 nitrogen and oxygen atoms in total. The van der Waals surface area contributed by atoms with E-state index < -0.39 is 35.0 Å². The number of benzene rings is 2. The topological polar surface area (TPSA) is 102 Å². The smallest absolute Gasteiger partial charge is 0.338 e. The predicted molar refractivity (Wildman–Crippen MR) is 99.8 cm³/mol. The van der Waals surface area contributed by atoms with Crippen LogP contribution in [0.5, 0.6) is 0 Å². The van der Waals surface area contributed by atoms with Gasteiger partial charge in [-0.15, -0.1) is 0 Å². The zero-order chi connectivity index (χ0) is 21.0. The first-order chi connectivity index (χ1) is 13.8. The molecule has 2 aromatic carbocycles. The number of nitrogens with one attached hydrogen (secondary N) is 1. The van der Waals surface area contributed by atoms with E-state index in [0.29, 0.717) is 18.8 Å². The molecule has 1 fully saturated rings. The van der Waals surface area contributed by atoms with Gasteiger partial charge in [0.2, 0.25) is 0 Å². The number of anilines is 2. The lowest BCUT2D eigenvalue weighted by Gasteiger charge is -2.17. The first-order valence-electron chi connectivity index (χ1n) is 8.80. The van der Waals surface area contributed by atoms with Gasteiger partial charge in [0.15, 0.2) is 18.2 Å². The van der Waals surface area contributed by atoms with Crippen LogP contribution < -0.4 is 10.2 Å². The molecule has 1 amide bonds. The fraction of sp³-hybridized carbons (Fsp3) is 0.263.